The summed E-state index contributed by atoms with van der Waals surface area (Å²) in [5.41, 5.74) is -1.02. The molecule has 0 radical (unpaired) electrons. The SMILES string of the molecule is CCC(C)(C)C(=O)C(=O)C(C)(C)CC. The molecule has 0 aromatic carbocycles. The Morgan fingerprint density at radius 3 is 1.14 bits per heavy atom. The fraction of sp³-hybridized carbons (Fsp3) is 0.833. The maximum Gasteiger partial charge on any atom is 0.204 e. The first-order chi connectivity index (χ1) is 6.19. The van der Waals surface area contributed by atoms with Crippen molar-refractivity contribution in [3.63, 3.8) is 0 Å². The minimum atomic E-state index is -0.510. The van der Waals surface area contributed by atoms with Crippen molar-refractivity contribution in [1.82, 2.24) is 0 Å². The van der Waals surface area contributed by atoms with Crippen LogP contribution >= 0.6 is 0 Å². The van der Waals surface area contributed by atoms with Crippen molar-refractivity contribution in [2.75, 3.05) is 0 Å². The van der Waals surface area contributed by atoms with Crippen LogP contribution in [0.1, 0.15) is 54.4 Å². The maximum atomic E-state index is 11.9. The Morgan fingerprint density at radius 2 is 1.00 bits per heavy atom. The molecule has 0 aromatic rings. The van der Waals surface area contributed by atoms with Crippen LogP contribution in [0, 0.1) is 10.8 Å². The summed E-state index contributed by atoms with van der Waals surface area (Å²) in [5.74, 6) is -0.460. The van der Waals surface area contributed by atoms with Gasteiger partial charge in [0.15, 0.2) is 0 Å². The van der Waals surface area contributed by atoms with Gasteiger partial charge in [-0.25, -0.2) is 0 Å². The predicted octanol–water partition coefficient (Wildman–Crippen LogP) is 3.00. The van der Waals surface area contributed by atoms with E-state index in [0.717, 1.165) is 0 Å². The molecule has 0 aliphatic heterocycles. The molecule has 0 fully saturated rings. The van der Waals surface area contributed by atoms with Gasteiger partial charge in [0.1, 0.15) is 0 Å². The van der Waals surface area contributed by atoms with Gasteiger partial charge >= 0.3 is 0 Å². The van der Waals surface area contributed by atoms with Crippen molar-refractivity contribution < 1.29 is 9.59 Å². The van der Waals surface area contributed by atoms with Crippen LogP contribution in [0.25, 0.3) is 0 Å². The highest BCUT2D eigenvalue weighted by Crippen LogP contribution is 2.29. The van der Waals surface area contributed by atoms with Gasteiger partial charge in [-0.15, -0.1) is 0 Å². The molecule has 0 atom stereocenters. The molecular formula is C12H22O2. The Labute approximate surface area is 87.1 Å². The zero-order chi connectivity index (χ0) is 11.6. The monoisotopic (exact) mass is 198 g/mol. The van der Waals surface area contributed by atoms with Gasteiger partial charge in [-0.1, -0.05) is 41.5 Å². The van der Waals surface area contributed by atoms with Crippen LogP contribution in [-0.2, 0) is 9.59 Å². The standard InChI is InChI=1S/C12H22O2/c1-7-11(3,4)9(13)10(14)12(5,6)8-2/h7-8H2,1-6H3. The second-order valence-corrected chi connectivity index (χ2v) is 5.13. The van der Waals surface area contributed by atoms with E-state index in [1.165, 1.54) is 0 Å². The van der Waals surface area contributed by atoms with Crippen molar-refractivity contribution in [3.05, 3.63) is 0 Å². The molecule has 2 heteroatoms. The maximum absolute atomic E-state index is 11.9. The average molecular weight is 198 g/mol. The summed E-state index contributed by atoms with van der Waals surface area (Å²) in [7, 11) is 0. The lowest BCUT2D eigenvalue weighted by Gasteiger charge is -2.26. The molecule has 0 amide bonds. The molecule has 0 heterocycles. The van der Waals surface area contributed by atoms with Crippen molar-refractivity contribution in [1.29, 1.82) is 0 Å². The molecule has 82 valence electrons. The van der Waals surface area contributed by atoms with Gasteiger partial charge in [-0.3, -0.25) is 9.59 Å². The topological polar surface area (TPSA) is 34.1 Å². The number of hydrogen-bond donors (Lipinski definition) is 0. The van der Waals surface area contributed by atoms with Crippen LogP contribution in [0.4, 0.5) is 0 Å². The van der Waals surface area contributed by atoms with Crippen molar-refractivity contribution in [3.8, 4) is 0 Å². The van der Waals surface area contributed by atoms with Crippen molar-refractivity contribution >= 4 is 11.6 Å². The second-order valence-electron chi connectivity index (χ2n) is 5.13. The molecule has 14 heavy (non-hydrogen) atoms. The van der Waals surface area contributed by atoms with Gasteiger partial charge in [0.05, 0.1) is 0 Å². The molecule has 0 rings (SSSR count). The molecule has 0 spiro atoms. The highest BCUT2D eigenvalue weighted by molar-refractivity contribution is 6.40. The third-order valence-corrected chi connectivity index (χ3v) is 3.20. The summed E-state index contributed by atoms with van der Waals surface area (Å²) >= 11 is 0. The first-order valence-electron chi connectivity index (χ1n) is 5.28. The molecule has 0 saturated heterocycles. The zero-order valence-electron chi connectivity index (χ0n) is 10.2. The summed E-state index contributed by atoms with van der Waals surface area (Å²) < 4.78 is 0. The van der Waals surface area contributed by atoms with Crippen LogP contribution in [0.3, 0.4) is 0 Å². The Balaban J connectivity index is 4.82. The van der Waals surface area contributed by atoms with Crippen LogP contribution in [-0.4, -0.2) is 11.6 Å². The number of ketones is 2. The van der Waals surface area contributed by atoms with Crippen LogP contribution < -0.4 is 0 Å². The lowest BCUT2D eigenvalue weighted by atomic mass is 9.74. The Hall–Kier alpha value is -0.660. The molecule has 0 N–H and O–H groups in total. The molecule has 0 aromatic heterocycles. The minimum absolute atomic E-state index is 0.230. The van der Waals surface area contributed by atoms with Gasteiger partial charge in [-0.2, -0.15) is 0 Å². The number of hydrogen-bond acceptors (Lipinski definition) is 2. The molecule has 0 unspecified atom stereocenters. The fourth-order valence-corrected chi connectivity index (χ4v) is 0.936. The lowest BCUT2D eigenvalue weighted by Crippen LogP contribution is -2.39. The lowest BCUT2D eigenvalue weighted by molar-refractivity contribution is -0.146. The van der Waals surface area contributed by atoms with E-state index in [4.69, 9.17) is 0 Å². The number of rotatable bonds is 5. The van der Waals surface area contributed by atoms with Crippen molar-refractivity contribution in [2.24, 2.45) is 10.8 Å². The summed E-state index contributed by atoms with van der Waals surface area (Å²) in [5, 5.41) is 0. The van der Waals surface area contributed by atoms with E-state index in [0.29, 0.717) is 12.8 Å². The zero-order valence-corrected chi connectivity index (χ0v) is 10.2. The van der Waals surface area contributed by atoms with Crippen LogP contribution in [0.5, 0.6) is 0 Å². The highest BCUT2D eigenvalue weighted by Gasteiger charge is 2.38. The second kappa shape index (κ2) is 4.24. The van der Waals surface area contributed by atoms with Crippen molar-refractivity contribution in [2.45, 2.75) is 54.4 Å². The van der Waals surface area contributed by atoms with E-state index >= 15 is 0 Å². The summed E-state index contributed by atoms with van der Waals surface area (Å²) in [6.07, 6.45) is 1.41. The van der Waals surface area contributed by atoms with E-state index in [2.05, 4.69) is 0 Å². The quantitative estimate of drug-likeness (QED) is 0.636. The Bertz CT molecular complexity index is 211. The van der Waals surface area contributed by atoms with E-state index in [1.54, 1.807) is 0 Å². The number of Topliss-reactive ketones (excluding diaryl/α,β-unsaturated/α-hetero) is 2. The first kappa shape index (κ1) is 13.3. The Morgan fingerprint density at radius 1 is 0.786 bits per heavy atom. The number of carbonyl (C=O) groups excluding carboxylic acids is 2. The molecule has 0 aliphatic rings. The molecule has 2 nitrogen and oxygen atoms in total. The summed E-state index contributed by atoms with van der Waals surface area (Å²) in [6.45, 7) is 11.2. The van der Waals surface area contributed by atoms with E-state index < -0.39 is 10.8 Å². The van der Waals surface area contributed by atoms with Crippen LogP contribution in [0.15, 0.2) is 0 Å². The third-order valence-electron chi connectivity index (χ3n) is 3.20. The normalized spacial score (nSPS) is 12.7. The largest absolute Gasteiger partial charge is 0.290 e. The molecule has 0 aliphatic carbocycles. The fourth-order valence-electron chi connectivity index (χ4n) is 0.936. The first-order valence-corrected chi connectivity index (χ1v) is 5.28. The highest BCUT2D eigenvalue weighted by atomic mass is 16.2. The van der Waals surface area contributed by atoms with Crippen LogP contribution in [0.2, 0.25) is 0 Å². The van der Waals surface area contributed by atoms with Gasteiger partial charge < -0.3 is 0 Å². The smallest absolute Gasteiger partial charge is 0.204 e. The molecular weight excluding hydrogens is 176 g/mol. The van der Waals surface area contributed by atoms with Gasteiger partial charge in [0, 0.05) is 10.8 Å². The molecule has 0 bridgehead atoms. The van der Waals surface area contributed by atoms with E-state index in [-0.39, 0.29) is 11.6 Å². The van der Waals surface area contributed by atoms with Gasteiger partial charge in [-0.05, 0) is 12.8 Å². The Kier molecular flexibility index (Phi) is 4.04. The predicted molar refractivity (Wildman–Crippen MR) is 58.2 cm³/mol. The summed E-state index contributed by atoms with van der Waals surface area (Å²) in [6, 6.07) is 0. The number of carbonyl (C=O) groups is 2. The van der Waals surface area contributed by atoms with E-state index in [1.807, 2.05) is 41.5 Å². The summed E-state index contributed by atoms with van der Waals surface area (Å²) in [4.78, 5) is 23.7. The molecule has 0 saturated carbocycles. The third kappa shape index (κ3) is 2.66. The van der Waals surface area contributed by atoms with E-state index in [9.17, 15) is 9.59 Å². The minimum Gasteiger partial charge on any atom is -0.290 e. The van der Waals surface area contributed by atoms with Gasteiger partial charge in [0.2, 0.25) is 11.6 Å². The average Bonchev–Trinajstić information content (AvgIpc) is 2.15. The van der Waals surface area contributed by atoms with Gasteiger partial charge in [0.25, 0.3) is 0 Å².